The van der Waals surface area contributed by atoms with Crippen molar-refractivity contribution in [1.82, 2.24) is 5.32 Å². The van der Waals surface area contributed by atoms with Gasteiger partial charge in [0.05, 0.1) is 6.67 Å². The van der Waals surface area contributed by atoms with E-state index in [2.05, 4.69) is 45.6 Å². The van der Waals surface area contributed by atoms with Gasteiger partial charge in [-0.3, -0.25) is 0 Å². The molecule has 1 aromatic rings. The van der Waals surface area contributed by atoms with Gasteiger partial charge in [-0.15, -0.1) is 0 Å². The summed E-state index contributed by atoms with van der Waals surface area (Å²) in [4.78, 5) is 0. The van der Waals surface area contributed by atoms with E-state index in [1.807, 2.05) is 13.1 Å². The molecule has 0 saturated heterocycles. The van der Waals surface area contributed by atoms with Crippen LogP contribution in [0.3, 0.4) is 0 Å². The van der Waals surface area contributed by atoms with Gasteiger partial charge in [-0.25, -0.2) is 0 Å². The summed E-state index contributed by atoms with van der Waals surface area (Å²) in [5.41, 5.74) is 2.39. The lowest BCUT2D eigenvalue weighted by Crippen LogP contribution is -2.16. The molecule has 0 saturated carbocycles. The summed E-state index contributed by atoms with van der Waals surface area (Å²) < 4.78 is 1.15. The standard InChI is InChI=1S/C9H13BrN2/c1-7-5-8(12-6-11-2)3-4-9(7)10/h3-5,11-12H,6H2,1-2H3. The van der Waals surface area contributed by atoms with Crippen molar-refractivity contribution in [3.63, 3.8) is 0 Å². The predicted molar refractivity (Wildman–Crippen MR) is 56.4 cm³/mol. The van der Waals surface area contributed by atoms with Gasteiger partial charge in [0.2, 0.25) is 0 Å². The van der Waals surface area contributed by atoms with Crippen LogP contribution in [0.4, 0.5) is 5.69 Å². The average molecular weight is 229 g/mol. The molecule has 0 fully saturated rings. The topological polar surface area (TPSA) is 24.1 Å². The Labute approximate surface area is 81.5 Å². The third kappa shape index (κ3) is 2.50. The van der Waals surface area contributed by atoms with Gasteiger partial charge in [0.25, 0.3) is 0 Å². The minimum Gasteiger partial charge on any atom is -0.372 e. The van der Waals surface area contributed by atoms with Gasteiger partial charge in [-0.05, 0) is 37.7 Å². The highest BCUT2D eigenvalue weighted by molar-refractivity contribution is 9.10. The van der Waals surface area contributed by atoms with Crippen LogP contribution in [0.15, 0.2) is 22.7 Å². The second-order valence-electron chi connectivity index (χ2n) is 2.67. The first-order chi connectivity index (χ1) is 5.74. The Morgan fingerprint density at radius 1 is 1.42 bits per heavy atom. The maximum absolute atomic E-state index is 3.45. The fraction of sp³-hybridized carbons (Fsp3) is 0.333. The zero-order valence-corrected chi connectivity index (χ0v) is 8.90. The number of rotatable bonds is 3. The van der Waals surface area contributed by atoms with Crippen LogP contribution >= 0.6 is 15.9 Å². The molecule has 0 heterocycles. The molecule has 66 valence electrons. The lowest BCUT2D eigenvalue weighted by atomic mass is 10.2. The van der Waals surface area contributed by atoms with E-state index in [1.54, 1.807) is 0 Å². The van der Waals surface area contributed by atoms with Crippen LogP contribution in [0, 0.1) is 6.92 Å². The number of aryl methyl sites for hydroxylation is 1. The average Bonchev–Trinajstić information content (AvgIpc) is 2.07. The van der Waals surface area contributed by atoms with Crippen LogP contribution in [-0.4, -0.2) is 13.7 Å². The molecular formula is C9H13BrN2. The molecule has 0 aliphatic rings. The molecule has 0 radical (unpaired) electrons. The van der Waals surface area contributed by atoms with Crippen molar-refractivity contribution in [3.8, 4) is 0 Å². The van der Waals surface area contributed by atoms with Crippen molar-refractivity contribution < 1.29 is 0 Å². The summed E-state index contributed by atoms with van der Waals surface area (Å²) in [6.45, 7) is 2.87. The van der Waals surface area contributed by atoms with Crippen LogP contribution in [0.1, 0.15) is 5.56 Å². The molecule has 3 heteroatoms. The van der Waals surface area contributed by atoms with E-state index in [1.165, 1.54) is 5.56 Å². The van der Waals surface area contributed by atoms with Crippen LogP contribution < -0.4 is 10.6 Å². The molecule has 2 N–H and O–H groups in total. The highest BCUT2D eigenvalue weighted by Crippen LogP contribution is 2.19. The van der Waals surface area contributed by atoms with Crippen molar-refractivity contribution in [1.29, 1.82) is 0 Å². The van der Waals surface area contributed by atoms with Crippen molar-refractivity contribution in [2.24, 2.45) is 0 Å². The molecule has 0 aromatic heterocycles. The lowest BCUT2D eigenvalue weighted by Gasteiger charge is -2.06. The molecule has 12 heavy (non-hydrogen) atoms. The van der Waals surface area contributed by atoms with Crippen LogP contribution in [0.2, 0.25) is 0 Å². The van der Waals surface area contributed by atoms with E-state index in [4.69, 9.17) is 0 Å². The first-order valence-corrected chi connectivity index (χ1v) is 4.68. The van der Waals surface area contributed by atoms with Gasteiger partial charge in [-0.1, -0.05) is 15.9 Å². The Morgan fingerprint density at radius 3 is 2.75 bits per heavy atom. The number of hydrogen-bond acceptors (Lipinski definition) is 2. The molecule has 0 unspecified atom stereocenters. The monoisotopic (exact) mass is 228 g/mol. The molecule has 2 nitrogen and oxygen atoms in total. The Balaban J connectivity index is 2.69. The zero-order valence-electron chi connectivity index (χ0n) is 7.32. The largest absolute Gasteiger partial charge is 0.372 e. The van der Waals surface area contributed by atoms with Crippen molar-refractivity contribution in [3.05, 3.63) is 28.2 Å². The smallest absolute Gasteiger partial charge is 0.0650 e. The van der Waals surface area contributed by atoms with Gasteiger partial charge >= 0.3 is 0 Å². The Bertz CT molecular complexity index is 261. The predicted octanol–water partition coefficient (Wildman–Crippen LogP) is 2.35. The Kier molecular flexibility index (Phi) is 3.56. The quantitative estimate of drug-likeness (QED) is 0.777. The highest BCUT2D eigenvalue weighted by atomic mass is 79.9. The minimum atomic E-state index is 0.793. The molecule has 0 spiro atoms. The van der Waals surface area contributed by atoms with E-state index in [-0.39, 0.29) is 0 Å². The second-order valence-corrected chi connectivity index (χ2v) is 3.53. The fourth-order valence-electron chi connectivity index (χ4n) is 0.945. The number of anilines is 1. The Hall–Kier alpha value is -0.540. The SMILES string of the molecule is CNCNc1ccc(Br)c(C)c1. The summed E-state index contributed by atoms with van der Waals surface area (Å²) in [7, 11) is 1.92. The highest BCUT2D eigenvalue weighted by Gasteiger charge is 1.94. The number of hydrogen-bond donors (Lipinski definition) is 2. The molecule has 0 aliphatic carbocycles. The third-order valence-electron chi connectivity index (χ3n) is 1.63. The normalized spacial score (nSPS) is 9.92. The third-order valence-corrected chi connectivity index (χ3v) is 2.52. The van der Waals surface area contributed by atoms with Crippen LogP contribution in [0.25, 0.3) is 0 Å². The van der Waals surface area contributed by atoms with E-state index in [9.17, 15) is 0 Å². The van der Waals surface area contributed by atoms with Crippen LogP contribution in [-0.2, 0) is 0 Å². The summed E-state index contributed by atoms with van der Waals surface area (Å²) in [5.74, 6) is 0. The van der Waals surface area contributed by atoms with Gasteiger partial charge < -0.3 is 10.6 Å². The van der Waals surface area contributed by atoms with Gasteiger partial charge in [0.1, 0.15) is 0 Å². The van der Waals surface area contributed by atoms with Gasteiger partial charge in [0.15, 0.2) is 0 Å². The van der Waals surface area contributed by atoms with Gasteiger partial charge in [-0.2, -0.15) is 0 Å². The van der Waals surface area contributed by atoms with Crippen molar-refractivity contribution in [2.45, 2.75) is 6.92 Å². The van der Waals surface area contributed by atoms with E-state index >= 15 is 0 Å². The Morgan fingerprint density at radius 2 is 2.17 bits per heavy atom. The number of benzene rings is 1. The summed E-state index contributed by atoms with van der Waals surface area (Å²) in [6, 6.07) is 6.21. The molecule has 1 rings (SSSR count). The second kappa shape index (κ2) is 4.48. The molecule has 0 amide bonds. The maximum atomic E-state index is 3.45. The van der Waals surface area contributed by atoms with E-state index in [0.29, 0.717) is 0 Å². The lowest BCUT2D eigenvalue weighted by molar-refractivity contribution is 0.874. The first-order valence-electron chi connectivity index (χ1n) is 3.88. The zero-order chi connectivity index (χ0) is 8.97. The van der Waals surface area contributed by atoms with Gasteiger partial charge in [0, 0.05) is 10.2 Å². The molecule has 0 bridgehead atoms. The van der Waals surface area contributed by atoms with E-state index in [0.717, 1.165) is 16.8 Å². The van der Waals surface area contributed by atoms with Crippen molar-refractivity contribution in [2.75, 3.05) is 19.0 Å². The number of nitrogens with one attached hydrogen (secondary N) is 2. The van der Waals surface area contributed by atoms with E-state index < -0.39 is 0 Å². The summed E-state index contributed by atoms with van der Waals surface area (Å²) >= 11 is 3.45. The summed E-state index contributed by atoms with van der Waals surface area (Å²) in [5, 5.41) is 6.26. The molecule has 0 aliphatic heterocycles. The summed E-state index contributed by atoms with van der Waals surface area (Å²) in [6.07, 6.45) is 0. The number of halogens is 1. The molecular weight excluding hydrogens is 216 g/mol. The molecule has 0 atom stereocenters. The first kappa shape index (κ1) is 9.55. The van der Waals surface area contributed by atoms with Crippen LogP contribution in [0.5, 0.6) is 0 Å². The molecule has 1 aromatic carbocycles. The van der Waals surface area contributed by atoms with Crippen molar-refractivity contribution >= 4 is 21.6 Å². The maximum Gasteiger partial charge on any atom is 0.0650 e. The minimum absolute atomic E-state index is 0.793. The fourth-order valence-corrected chi connectivity index (χ4v) is 1.19.